The zero-order valence-corrected chi connectivity index (χ0v) is 13.6. The zero-order valence-electron chi connectivity index (χ0n) is 12.8. The quantitative estimate of drug-likeness (QED) is 0.543. The van der Waals surface area contributed by atoms with Crippen LogP contribution in [0.4, 0.5) is 13.2 Å². The normalized spacial score (nSPS) is 13.8. The van der Waals surface area contributed by atoms with Gasteiger partial charge in [0, 0.05) is 11.9 Å². The van der Waals surface area contributed by atoms with Crippen molar-refractivity contribution < 1.29 is 22.7 Å². The monoisotopic (exact) mass is 362 g/mol. The predicted octanol–water partition coefficient (Wildman–Crippen LogP) is 2.54. The first-order chi connectivity index (χ1) is 11.4. The van der Waals surface area contributed by atoms with Crippen LogP contribution in [-0.4, -0.2) is 29.1 Å². The van der Waals surface area contributed by atoms with E-state index in [0.29, 0.717) is 18.3 Å². The van der Waals surface area contributed by atoms with E-state index in [1.165, 1.54) is 6.26 Å². The van der Waals surface area contributed by atoms with Gasteiger partial charge in [0.25, 0.3) is 0 Å². The second kappa shape index (κ2) is 8.15. The minimum absolute atomic E-state index is 0.00687. The van der Waals surface area contributed by atoms with Gasteiger partial charge in [0.05, 0.1) is 19.4 Å². The van der Waals surface area contributed by atoms with Crippen molar-refractivity contribution in [2.24, 2.45) is 4.99 Å². The van der Waals surface area contributed by atoms with E-state index in [9.17, 15) is 18.3 Å². The molecule has 0 amide bonds. The van der Waals surface area contributed by atoms with Crippen molar-refractivity contribution in [1.29, 1.82) is 0 Å². The zero-order chi connectivity index (χ0) is 17.6. The fourth-order valence-electron chi connectivity index (χ4n) is 1.78. The summed E-state index contributed by atoms with van der Waals surface area (Å²) in [6.45, 7) is 2.57. The topological polar surface area (TPSA) is 82.7 Å². The van der Waals surface area contributed by atoms with Gasteiger partial charge in [0.15, 0.2) is 11.7 Å². The molecule has 0 fully saturated rings. The van der Waals surface area contributed by atoms with Gasteiger partial charge in [0.2, 0.25) is 0 Å². The number of furan rings is 1. The molecule has 3 N–H and O–H groups in total. The van der Waals surface area contributed by atoms with Gasteiger partial charge >= 0.3 is 6.18 Å². The first kappa shape index (κ1) is 18.3. The summed E-state index contributed by atoms with van der Waals surface area (Å²) < 4.78 is 42.6. The number of hydrogen-bond acceptors (Lipinski definition) is 5. The third-order valence-corrected chi connectivity index (χ3v) is 3.73. The minimum Gasteiger partial charge on any atom is -0.467 e. The number of thiazole rings is 1. The summed E-state index contributed by atoms with van der Waals surface area (Å²) in [5.41, 5.74) is -0.913. The van der Waals surface area contributed by atoms with Crippen LogP contribution in [0.1, 0.15) is 29.5 Å². The third kappa shape index (κ3) is 5.24. The number of halogens is 3. The number of aliphatic hydroxyl groups is 1. The molecular weight excluding hydrogens is 345 g/mol. The lowest BCUT2D eigenvalue weighted by Crippen LogP contribution is -2.39. The summed E-state index contributed by atoms with van der Waals surface area (Å²) in [7, 11) is 0. The van der Waals surface area contributed by atoms with E-state index in [1.54, 1.807) is 12.1 Å². The van der Waals surface area contributed by atoms with E-state index in [0.717, 1.165) is 16.7 Å². The van der Waals surface area contributed by atoms with E-state index in [-0.39, 0.29) is 18.1 Å². The highest BCUT2D eigenvalue weighted by atomic mass is 32.1. The van der Waals surface area contributed by atoms with Crippen LogP contribution in [-0.2, 0) is 12.7 Å². The minimum atomic E-state index is -4.45. The number of nitrogens with zero attached hydrogens (tertiary/aromatic N) is 2. The molecule has 0 bridgehead atoms. The van der Waals surface area contributed by atoms with Gasteiger partial charge in [-0.05, 0) is 19.1 Å². The molecule has 0 spiro atoms. The molecule has 1 unspecified atom stereocenters. The highest BCUT2D eigenvalue weighted by Gasteiger charge is 2.33. The van der Waals surface area contributed by atoms with Crippen molar-refractivity contribution in [3.8, 4) is 0 Å². The molecule has 0 aliphatic carbocycles. The molecule has 0 saturated heterocycles. The number of nitrogens with one attached hydrogen (secondary N) is 2. The largest absolute Gasteiger partial charge is 0.467 e. The Bertz CT molecular complexity index is 655. The van der Waals surface area contributed by atoms with E-state index in [2.05, 4.69) is 20.6 Å². The second-order valence-corrected chi connectivity index (χ2v) is 5.67. The molecule has 2 heterocycles. The molecule has 1 atom stereocenters. The van der Waals surface area contributed by atoms with Gasteiger partial charge in [-0.1, -0.05) is 0 Å². The maximum absolute atomic E-state index is 12.5. The van der Waals surface area contributed by atoms with Crippen LogP contribution >= 0.6 is 11.3 Å². The van der Waals surface area contributed by atoms with Crippen LogP contribution in [0.25, 0.3) is 0 Å². The van der Waals surface area contributed by atoms with Crippen molar-refractivity contribution >= 4 is 17.3 Å². The summed E-state index contributed by atoms with van der Waals surface area (Å²) in [5, 5.41) is 17.0. The molecule has 6 nitrogen and oxygen atoms in total. The van der Waals surface area contributed by atoms with Gasteiger partial charge in [-0.25, -0.2) is 9.98 Å². The standard InChI is InChI=1S/C14H17F3N4O2S/c1-2-18-13(19-6-9(22)10-4-3-5-23-10)20-7-12-21-11(8-24-12)14(15,16)17/h3-5,8-9,22H,2,6-7H2,1H3,(H2,18,19,20). The van der Waals surface area contributed by atoms with E-state index < -0.39 is 18.0 Å². The molecule has 0 aliphatic rings. The summed E-state index contributed by atoms with van der Waals surface area (Å²) >= 11 is 0.901. The molecule has 10 heteroatoms. The second-order valence-electron chi connectivity index (χ2n) is 4.73. The van der Waals surface area contributed by atoms with Crippen molar-refractivity contribution in [2.45, 2.75) is 25.7 Å². The first-order valence-electron chi connectivity index (χ1n) is 7.15. The van der Waals surface area contributed by atoms with Gasteiger partial charge < -0.3 is 20.2 Å². The Hall–Kier alpha value is -2.07. The number of guanidine groups is 1. The average molecular weight is 362 g/mol. The lowest BCUT2D eigenvalue weighted by atomic mass is 10.3. The molecular formula is C14H17F3N4O2S. The number of hydrogen-bond donors (Lipinski definition) is 3. The number of alkyl halides is 3. The van der Waals surface area contributed by atoms with Crippen LogP contribution in [0.5, 0.6) is 0 Å². The smallest absolute Gasteiger partial charge is 0.434 e. The lowest BCUT2D eigenvalue weighted by molar-refractivity contribution is -0.140. The Kier molecular flexibility index (Phi) is 6.21. The van der Waals surface area contributed by atoms with Crippen molar-refractivity contribution in [2.75, 3.05) is 13.1 Å². The first-order valence-corrected chi connectivity index (χ1v) is 8.03. The van der Waals surface area contributed by atoms with Crippen LogP contribution in [0.15, 0.2) is 33.2 Å². The third-order valence-electron chi connectivity index (χ3n) is 2.89. The Morgan fingerprint density at radius 2 is 2.25 bits per heavy atom. The average Bonchev–Trinajstić information content (AvgIpc) is 3.20. The predicted molar refractivity (Wildman–Crippen MR) is 83.6 cm³/mol. The number of rotatable bonds is 6. The Morgan fingerprint density at radius 3 is 2.83 bits per heavy atom. The molecule has 24 heavy (non-hydrogen) atoms. The molecule has 2 aromatic rings. The SMILES string of the molecule is CCNC(=NCc1nc(C(F)(F)F)cs1)NCC(O)c1ccco1. The summed E-state index contributed by atoms with van der Waals surface area (Å²) in [5.74, 6) is 0.778. The van der Waals surface area contributed by atoms with Gasteiger partial charge in [0.1, 0.15) is 16.9 Å². The van der Waals surface area contributed by atoms with E-state index in [4.69, 9.17) is 4.42 Å². The summed E-state index contributed by atoms with van der Waals surface area (Å²) in [6.07, 6.45) is -3.85. The molecule has 0 radical (unpaired) electrons. The molecule has 0 aliphatic heterocycles. The van der Waals surface area contributed by atoms with Gasteiger partial charge in [-0.3, -0.25) is 0 Å². The van der Waals surface area contributed by atoms with Crippen molar-refractivity contribution in [3.63, 3.8) is 0 Å². The Balaban J connectivity index is 1.94. The molecule has 2 aromatic heterocycles. The molecule has 132 valence electrons. The summed E-state index contributed by atoms with van der Waals surface area (Å²) in [6, 6.07) is 3.31. The molecule has 0 saturated carbocycles. The van der Waals surface area contributed by atoms with Gasteiger partial charge in [-0.15, -0.1) is 11.3 Å². The highest BCUT2D eigenvalue weighted by molar-refractivity contribution is 7.09. The number of aromatic nitrogens is 1. The number of aliphatic hydroxyl groups excluding tert-OH is 1. The van der Waals surface area contributed by atoms with Crippen LogP contribution in [0.3, 0.4) is 0 Å². The molecule has 2 rings (SSSR count). The fraction of sp³-hybridized carbons (Fsp3) is 0.429. The fourth-order valence-corrected chi connectivity index (χ4v) is 2.50. The van der Waals surface area contributed by atoms with E-state index >= 15 is 0 Å². The van der Waals surface area contributed by atoms with Crippen LogP contribution < -0.4 is 10.6 Å². The van der Waals surface area contributed by atoms with Gasteiger partial charge in [-0.2, -0.15) is 13.2 Å². The van der Waals surface area contributed by atoms with Crippen LogP contribution in [0, 0.1) is 0 Å². The summed E-state index contributed by atoms with van der Waals surface area (Å²) in [4.78, 5) is 7.68. The van der Waals surface area contributed by atoms with E-state index in [1.807, 2.05) is 6.92 Å². The van der Waals surface area contributed by atoms with Crippen molar-refractivity contribution in [1.82, 2.24) is 15.6 Å². The lowest BCUT2D eigenvalue weighted by Gasteiger charge is -2.13. The van der Waals surface area contributed by atoms with Crippen LogP contribution in [0.2, 0.25) is 0 Å². The highest BCUT2D eigenvalue weighted by Crippen LogP contribution is 2.30. The maximum atomic E-state index is 12.5. The Labute approximate surface area is 140 Å². The number of aliphatic imine (C=N–C) groups is 1. The van der Waals surface area contributed by atoms with Crippen molar-refractivity contribution in [3.05, 3.63) is 40.2 Å². The Morgan fingerprint density at radius 1 is 1.46 bits per heavy atom. The molecule has 0 aromatic carbocycles. The maximum Gasteiger partial charge on any atom is 0.434 e.